The number of morpholine rings is 2. The Bertz CT molecular complexity index is 472. The molecule has 0 aromatic heterocycles. The molecule has 3 atom stereocenters. The summed E-state index contributed by atoms with van der Waals surface area (Å²) in [4.78, 5) is 10.7. The van der Waals surface area contributed by atoms with Crippen molar-refractivity contribution in [1.29, 1.82) is 0 Å². The molecule has 0 saturated carbocycles. The third kappa shape index (κ3) is 4.13. The summed E-state index contributed by atoms with van der Waals surface area (Å²) in [5.74, 6) is -0.993. The first-order valence-electron chi connectivity index (χ1n) is 7.03. The van der Waals surface area contributed by atoms with E-state index < -0.39 is 22.3 Å². The molecule has 0 aliphatic carbocycles. The Balaban J connectivity index is 2.06. The fourth-order valence-corrected chi connectivity index (χ4v) is 4.49. The predicted octanol–water partition coefficient (Wildman–Crippen LogP) is -0.484. The molecule has 1 N–H and O–H groups in total. The fraction of sp³-hybridized carbons (Fsp3) is 0.917. The summed E-state index contributed by atoms with van der Waals surface area (Å²) in [5.41, 5.74) is 0. The molecule has 9 heteroatoms. The molecule has 0 bridgehead atoms. The second-order valence-electron chi connectivity index (χ2n) is 5.53. The van der Waals surface area contributed by atoms with E-state index in [2.05, 4.69) is 0 Å². The summed E-state index contributed by atoms with van der Waals surface area (Å²) < 4.78 is 38.9. The van der Waals surface area contributed by atoms with Crippen LogP contribution in [0, 0.1) is 0 Å². The second-order valence-corrected chi connectivity index (χ2v) is 7.46. The second kappa shape index (κ2) is 6.57. The van der Waals surface area contributed by atoms with E-state index in [1.807, 2.05) is 13.8 Å². The van der Waals surface area contributed by atoms with E-state index >= 15 is 0 Å². The number of carboxylic acid groups (broad SMARTS) is 1. The van der Waals surface area contributed by atoms with Crippen molar-refractivity contribution in [3.8, 4) is 0 Å². The lowest BCUT2D eigenvalue weighted by atomic mass is 10.2. The molecule has 2 heterocycles. The maximum absolute atomic E-state index is 12.7. The lowest BCUT2D eigenvalue weighted by Gasteiger charge is -2.39. The van der Waals surface area contributed by atoms with Crippen molar-refractivity contribution in [3.63, 3.8) is 0 Å². The summed E-state index contributed by atoms with van der Waals surface area (Å²) in [6.45, 7) is 4.84. The van der Waals surface area contributed by atoms with Gasteiger partial charge in [-0.3, -0.25) is 4.79 Å². The van der Waals surface area contributed by atoms with Crippen LogP contribution in [0.2, 0.25) is 0 Å². The van der Waals surface area contributed by atoms with E-state index in [1.165, 1.54) is 8.61 Å². The number of hydrogen-bond acceptors (Lipinski definition) is 5. The molecule has 2 saturated heterocycles. The SMILES string of the molecule is CC1CN(S(=O)(=O)N2CCOC(CC(=O)O)C2)CC(C)O1. The number of nitrogens with zero attached hydrogens (tertiary/aromatic N) is 2. The summed E-state index contributed by atoms with van der Waals surface area (Å²) >= 11 is 0. The molecule has 0 radical (unpaired) electrons. The minimum Gasteiger partial charge on any atom is -0.481 e. The average Bonchev–Trinajstić information content (AvgIpc) is 2.37. The number of aliphatic carboxylic acids is 1. The van der Waals surface area contributed by atoms with Crippen molar-refractivity contribution in [3.05, 3.63) is 0 Å². The Hall–Kier alpha value is -0.740. The molecule has 21 heavy (non-hydrogen) atoms. The molecule has 0 aromatic carbocycles. The van der Waals surface area contributed by atoms with Gasteiger partial charge in [0.05, 0.1) is 31.3 Å². The summed E-state index contributed by atoms with van der Waals surface area (Å²) in [5, 5.41) is 8.80. The Morgan fingerprint density at radius 2 is 1.81 bits per heavy atom. The number of carboxylic acids is 1. The number of ether oxygens (including phenoxy) is 2. The zero-order chi connectivity index (χ0) is 15.6. The summed E-state index contributed by atoms with van der Waals surface area (Å²) in [6, 6.07) is 0. The number of carbonyl (C=O) groups is 1. The topological polar surface area (TPSA) is 96.4 Å². The van der Waals surface area contributed by atoms with Gasteiger partial charge in [-0.05, 0) is 13.8 Å². The van der Waals surface area contributed by atoms with Crippen LogP contribution in [0.5, 0.6) is 0 Å². The minimum absolute atomic E-state index is 0.0781. The van der Waals surface area contributed by atoms with Crippen LogP contribution in [-0.4, -0.2) is 79.2 Å². The molecule has 8 nitrogen and oxygen atoms in total. The van der Waals surface area contributed by atoms with Crippen molar-refractivity contribution in [2.75, 3.05) is 32.8 Å². The van der Waals surface area contributed by atoms with E-state index in [0.29, 0.717) is 13.1 Å². The molecule has 0 spiro atoms. The highest BCUT2D eigenvalue weighted by Crippen LogP contribution is 2.20. The van der Waals surface area contributed by atoms with Gasteiger partial charge in [0, 0.05) is 26.2 Å². The Labute approximate surface area is 124 Å². The fourth-order valence-electron chi connectivity index (χ4n) is 2.70. The Morgan fingerprint density at radius 3 is 2.38 bits per heavy atom. The third-order valence-electron chi connectivity index (χ3n) is 3.54. The number of hydrogen-bond donors (Lipinski definition) is 1. The molecule has 122 valence electrons. The van der Waals surface area contributed by atoms with Gasteiger partial charge in [-0.2, -0.15) is 17.0 Å². The summed E-state index contributed by atoms with van der Waals surface area (Å²) in [7, 11) is -3.61. The zero-order valence-corrected chi connectivity index (χ0v) is 13.1. The van der Waals surface area contributed by atoms with Crippen molar-refractivity contribution in [2.24, 2.45) is 0 Å². The van der Waals surface area contributed by atoms with Crippen LogP contribution in [0.3, 0.4) is 0 Å². The highest BCUT2D eigenvalue weighted by atomic mass is 32.2. The molecule has 2 aliphatic heterocycles. The number of rotatable bonds is 4. The maximum Gasteiger partial charge on any atom is 0.306 e. The molecule has 0 aromatic rings. The smallest absolute Gasteiger partial charge is 0.306 e. The van der Waals surface area contributed by atoms with Crippen molar-refractivity contribution in [2.45, 2.75) is 38.6 Å². The zero-order valence-electron chi connectivity index (χ0n) is 12.3. The van der Waals surface area contributed by atoms with Gasteiger partial charge >= 0.3 is 5.97 Å². The minimum atomic E-state index is -3.61. The Morgan fingerprint density at radius 1 is 1.19 bits per heavy atom. The summed E-state index contributed by atoms with van der Waals surface area (Å²) in [6.07, 6.45) is -1.09. The van der Waals surface area contributed by atoms with Crippen molar-refractivity contribution in [1.82, 2.24) is 8.61 Å². The van der Waals surface area contributed by atoms with Crippen LogP contribution < -0.4 is 0 Å². The quantitative estimate of drug-likeness (QED) is 0.751. The van der Waals surface area contributed by atoms with Gasteiger partial charge in [0.1, 0.15) is 0 Å². The van der Waals surface area contributed by atoms with Gasteiger partial charge in [-0.25, -0.2) is 0 Å². The molecule has 2 rings (SSSR count). The van der Waals surface area contributed by atoms with Gasteiger partial charge in [0.15, 0.2) is 0 Å². The normalized spacial score (nSPS) is 33.0. The molecule has 2 aliphatic rings. The van der Waals surface area contributed by atoms with Gasteiger partial charge in [0.2, 0.25) is 0 Å². The van der Waals surface area contributed by atoms with Crippen LogP contribution in [0.25, 0.3) is 0 Å². The molecule has 0 amide bonds. The van der Waals surface area contributed by atoms with E-state index in [1.54, 1.807) is 0 Å². The van der Waals surface area contributed by atoms with Crippen molar-refractivity contribution < 1.29 is 27.8 Å². The van der Waals surface area contributed by atoms with Crippen LogP contribution in [0.15, 0.2) is 0 Å². The highest BCUT2D eigenvalue weighted by molar-refractivity contribution is 7.86. The van der Waals surface area contributed by atoms with Crippen LogP contribution >= 0.6 is 0 Å². The van der Waals surface area contributed by atoms with Gasteiger partial charge in [0.25, 0.3) is 10.2 Å². The Kier molecular flexibility index (Phi) is 5.20. The first-order valence-corrected chi connectivity index (χ1v) is 8.43. The lowest BCUT2D eigenvalue weighted by molar-refractivity contribution is -0.141. The monoisotopic (exact) mass is 322 g/mol. The van der Waals surface area contributed by atoms with E-state index in [4.69, 9.17) is 14.6 Å². The van der Waals surface area contributed by atoms with Crippen molar-refractivity contribution >= 4 is 16.2 Å². The first kappa shape index (κ1) is 16.6. The predicted molar refractivity (Wildman–Crippen MR) is 74.1 cm³/mol. The molecular weight excluding hydrogens is 300 g/mol. The average molecular weight is 322 g/mol. The van der Waals surface area contributed by atoms with Gasteiger partial charge < -0.3 is 14.6 Å². The van der Waals surface area contributed by atoms with Crippen LogP contribution in [-0.2, 0) is 24.5 Å². The van der Waals surface area contributed by atoms with Crippen LogP contribution in [0.1, 0.15) is 20.3 Å². The molecular formula is C12H22N2O6S. The lowest BCUT2D eigenvalue weighted by Crippen LogP contribution is -2.56. The van der Waals surface area contributed by atoms with E-state index in [9.17, 15) is 13.2 Å². The molecule has 3 unspecified atom stereocenters. The van der Waals surface area contributed by atoms with Gasteiger partial charge in [-0.1, -0.05) is 0 Å². The first-order chi connectivity index (χ1) is 9.79. The maximum atomic E-state index is 12.7. The van der Waals surface area contributed by atoms with Crippen LogP contribution in [0.4, 0.5) is 0 Å². The highest BCUT2D eigenvalue weighted by Gasteiger charge is 2.38. The van der Waals surface area contributed by atoms with E-state index in [0.717, 1.165) is 0 Å². The largest absolute Gasteiger partial charge is 0.481 e. The van der Waals surface area contributed by atoms with Gasteiger partial charge in [-0.15, -0.1) is 0 Å². The third-order valence-corrected chi connectivity index (χ3v) is 5.48. The molecule has 2 fully saturated rings. The standard InChI is InChI=1S/C12H22N2O6S/c1-9-6-14(7-10(2)20-9)21(17,18)13-3-4-19-11(8-13)5-12(15)16/h9-11H,3-8H2,1-2H3,(H,15,16). The van der Waals surface area contributed by atoms with E-state index in [-0.39, 0.29) is 38.3 Å².